The third-order valence-corrected chi connectivity index (χ3v) is 11.3. The molecule has 0 fully saturated rings. The van der Waals surface area contributed by atoms with Crippen molar-refractivity contribution in [3.63, 3.8) is 0 Å². The first-order valence-corrected chi connectivity index (χ1v) is 19.3. The Morgan fingerprint density at radius 2 is 0.982 bits per heavy atom. The minimum atomic E-state index is -4.40. The van der Waals surface area contributed by atoms with Crippen LogP contribution in [0.4, 0.5) is 0 Å². The highest BCUT2D eigenvalue weighted by Crippen LogP contribution is 2.28. The molecule has 0 bridgehead atoms. The molecule has 0 atom stereocenters. The van der Waals surface area contributed by atoms with Crippen LogP contribution >= 0.6 is 12.0 Å². The van der Waals surface area contributed by atoms with Crippen LogP contribution in [0, 0.1) is 15.6 Å². The lowest BCUT2D eigenvalue weighted by molar-refractivity contribution is -0.832. The molecule has 0 aliphatic carbocycles. The standard InChI is InChI=1S/C30H27N7O15S3/c38-35-28(53-52-48-22-10-4-1-5-11-22)25(31-49-35)45-19-16-34(17-20-46-26-29(36(39)50-32-26)54(41,42)23-12-6-2-7-13-23)18-21-47-27-30(37(40)51-33-27)55(43,44)24-14-8-3-9-15-24/h1-15H,16-21H2. The van der Waals surface area contributed by atoms with Crippen LogP contribution in [0.3, 0.4) is 0 Å². The van der Waals surface area contributed by atoms with E-state index in [4.69, 9.17) is 23.4 Å². The van der Waals surface area contributed by atoms with E-state index in [2.05, 4.69) is 29.4 Å². The van der Waals surface area contributed by atoms with Gasteiger partial charge in [-0.1, -0.05) is 54.6 Å². The summed E-state index contributed by atoms with van der Waals surface area (Å²) < 4.78 is 88.1. The van der Waals surface area contributed by atoms with E-state index in [9.17, 15) is 32.5 Å². The van der Waals surface area contributed by atoms with Crippen molar-refractivity contribution in [3.8, 4) is 23.4 Å². The Balaban J connectivity index is 1.12. The summed E-state index contributed by atoms with van der Waals surface area (Å²) in [6.45, 7) is -0.717. The number of para-hydroxylation sites is 1. The Labute approximate surface area is 314 Å². The number of rotatable bonds is 20. The van der Waals surface area contributed by atoms with Gasteiger partial charge in [-0.3, -0.25) is 18.8 Å². The number of nitrogens with zero attached hydrogens (tertiary/aromatic N) is 7. The number of aromatic nitrogens is 6. The highest BCUT2D eigenvalue weighted by atomic mass is 32.2. The highest BCUT2D eigenvalue weighted by molar-refractivity contribution is 7.94. The first kappa shape index (κ1) is 38.6. The summed E-state index contributed by atoms with van der Waals surface area (Å²) in [5, 5.41) is 45.3. The van der Waals surface area contributed by atoms with Crippen LogP contribution in [0.15, 0.2) is 130 Å². The van der Waals surface area contributed by atoms with Crippen molar-refractivity contribution in [1.82, 2.24) is 20.4 Å². The van der Waals surface area contributed by atoms with Crippen LogP contribution in [0.25, 0.3) is 0 Å². The van der Waals surface area contributed by atoms with Gasteiger partial charge in [0.15, 0.2) is 5.75 Å². The molecular formula is C30H27N7O15S3. The predicted octanol–water partition coefficient (Wildman–Crippen LogP) is 1.07. The maximum Gasteiger partial charge on any atom is 0.415 e. The maximum absolute atomic E-state index is 13.2. The van der Waals surface area contributed by atoms with Crippen molar-refractivity contribution in [3.05, 3.63) is 107 Å². The summed E-state index contributed by atoms with van der Waals surface area (Å²) >= 11 is 0.473. The smallest absolute Gasteiger partial charge is 0.415 e. The van der Waals surface area contributed by atoms with Crippen molar-refractivity contribution < 1.29 is 68.9 Å². The lowest BCUT2D eigenvalue weighted by Crippen LogP contribution is -2.36. The van der Waals surface area contributed by atoms with E-state index in [0.717, 1.165) is 0 Å². The minimum Gasteiger partial charge on any atom is -0.453 e. The Morgan fingerprint density at radius 1 is 0.582 bits per heavy atom. The van der Waals surface area contributed by atoms with Crippen molar-refractivity contribution in [2.24, 2.45) is 0 Å². The van der Waals surface area contributed by atoms with Crippen LogP contribution in [0.1, 0.15) is 0 Å². The Morgan fingerprint density at radius 3 is 1.45 bits per heavy atom. The van der Waals surface area contributed by atoms with Gasteiger partial charge in [-0.2, -0.15) is 0 Å². The first-order chi connectivity index (χ1) is 26.6. The monoisotopic (exact) mass is 821 g/mol. The van der Waals surface area contributed by atoms with Crippen LogP contribution in [0.2, 0.25) is 0 Å². The van der Waals surface area contributed by atoms with Crippen molar-refractivity contribution in [2.45, 2.75) is 24.9 Å². The molecule has 6 rings (SSSR count). The zero-order valence-electron chi connectivity index (χ0n) is 27.9. The van der Waals surface area contributed by atoms with Gasteiger partial charge in [0.2, 0.25) is 0 Å². The molecule has 0 spiro atoms. The summed E-state index contributed by atoms with van der Waals surface area (Å²) in [6, 6.07) is 22.6. The second-order valence-electron chi connectivity index (χ2n) is 10.7. The molecule has 290 valence electrons. The maximum atomic E-state index is 13.2. The lowest BCUT2D eigenvalue weighted by Gasteiger charge is -2.21. The van der Waals surface area contributed by atoms with Gasteiger partial charge in [-0.25, -0.2) is 16.8 Å². The molecule has 3 heterocycles. The van der Waals surface area contributed by atoms with Crippen molar-refractivity contribution in [1.29, 1.82) is 0 Å². The molecule has 0 aliphatic rings. The van der Waals surface area contributed by atoms with Gasteiger partial charge >= 0.3 is 32.7 Å². The van der Waals surface area contributed by atoms with Gasteiger partial charge in [-0.05, 0) is 51.1 Å². The summed E-state index contributed by atoms with van der Waals surface area (Å²) in [5.41, 5.74) is 0. The predicted molar refractivity (Wildman–Crippen MR) is 177 cm³/mol. The number of sulfone groups is 2. The third kappa shape index (κ3) is 9.15. The molecule has 0 unspecified atom stereocenters. The fourth-order valence-corrected chi connectivity index (χ4v) is 7.61. The molecule has 0 saturated carbocycles. The van der Waals surface area contributed by atoms with E-state index >= 15 is 0 Å². The van der Waals surface area contributed by atoms with E-state index in [1.54, 1.807) is 47.4 Å². The van der Waals surface area contributed by atoms with E-state index in [-0.39, 0.29) is 74.9 Å². The largest absolute Gasteiger partial charge is 0.453 e. The summed E-state index contributed by atoms with van der Waals surface area (Å²) in [4.78, 5) is 5.80. The first-order valence-electron chi connectivity index (χ1n) is 15.6. The molecular weight excluding hydrogens is 795 g/mol. The summed E-state index contributed by atoms with van der Waals surface area (Å²) in [7, 11) is -8.80. The molecule has 0 saturated heterocycles. The molecule has 6 aromatic rings. The van der Waals surface area contributed by atoms with Gasteiger partial charge in [0.05, 0.1) is 25.3 Å². The molecule has 3 aromatic heterocycles. The van der Waals surface area contributed by atoms with Crippen LogP contribution in [0.5, 0.6) is 23.4 Å². The van der Waals surface area contributed by atoms with E-state index in [1.807, 2.05) is 0 Å². The number of benzene rings is 3. The van der Waals surface area contributed by atoms with E-state index < -0.39 is 41.5 Å². The average molecular weight is 822 g/mol. The van der Waals surface area contributed by atoms with Gasteiger partial charge < -0.3 is 34.7 Å². The lowest BCUT2D eigenvalue weighted by atomic mass is 10.3. The molecule has 0 radical (unpaired) electrons. The molecule has 22 nitrogen and oxygen atoms in total. The van der Waals surface area contributed by atoms with Crippen LogP contribution < -0.4 is 33.8 Å². The second kappa shape index (κ2) is 17.3. The minimum absolute atomic E-state index is 0.0190. The fraction of sp³-hybridized carbons (Fsp3) is 0.200. The fourth-order valence-electron chi connectivity index (χ4n) is 4.58. The van der Waals surface area contributed by atoms with Crippen LogP contribution in [-0.4, -0.2) is 76.7 Å². The number of hydrogen-bond donors (Lipinski definition) is 0. The Hall–Kier alpha value is -6.15. The van der Waals surface area contributed by atoms with Crippen LogP contribution in [-0.2, 0) is 24.0 Å². The SMILES string of the molecule is O=S(=O)(c1ccccc1)c1c(OCCN(CCOc2no[n+]([O-])c2SOOc2ccccc2)CCOc2no[n+]([O-])c2S(=O)(=O)c2ccccc2)no[n+]1[O-]. The molecule has 25 heteroatoms. The van der Waals surface area contributed by atoms with Crippen molar-refractivity contribution in [2.75, 3.05) is 39.5 Å². The number of hydrogen-bond acceptors (Lipinski definition) is 20. The highest BCUT2D eigenvalue weighted by Gasteiger charge is 2.37. The molecule has 0 aliphatic heterocycles. The Kier molecular flexibility index (Phi) is 12.2. The summed E-state index contributed by atoms with van der Waals surface area (Å²) in [6.07, 6.45) is 0. The van der Waals surface area contributed by atoms with Gasteiger partial charge in [-0.15, -0.1) is 4.33 Å². The normalized spacial score (nSPS) is 11.8. The zero-order valence-corrected chi connectivity index (χ0v) is 30.3. The topological polar surface area (TPSA) is 277 Å². The summed E-state index contributed by atoms with van der Waals surface area (Å²) in [5.74, 6) is -1.11. The van der Waals surface area contributed by atoms with E-state index in [0.29, 0.717) is 17.8 Å². The quantitative estimate of drug-likeness (QED) is 0.0451. The molecule has 55 heavy (non-hydrogen) atoms. The second-order valence-corrected chi connectivity index (χ2v) is 15.1. The van der Waals surface area contributed by atoms with Gasteiger partial charge in [0.25, 0.3) is 19.7 Å². The third-order valence-electron chi connectivity index (χ3n) is 7.18. The van der Waals surface area contributed by atoms with Gasteiger partial charge in [0, 0.05) is 19.6 Å². The number of ether oxygens (including phenoxy) is 3. The Bertz CT molecular complexity index is 2260. The average Bonchev–Trinajstić information content (AvgIpc) is 3.88. The molecule has 0 N–H and O–H groups in total. The zero-order chi connectivity index (χ0) is 38.8. The van der Waals surface area contributed by atoms with E-state index in [1.165, 1.54) is 48.5 Å². The van der Waals surface area contributed by atoms with Gasteiger partial charge in [0.1, 0.15) is 31.9 Å². The molecule has 0 amide bonds. The molecule has 3 aromatic carbocycles. The van der Waals surface area contributed by atoms with Crippen molar-refractivity contribution >= 4 is 31.7 Å².